The van der Waals surface area contributed by atoms with Crippen LogP contribution in [-0.4, -0.2) is 85.5 Å². The van der Waals surface area contributed by atoms with Gasteiger partial charge in [-0.3, -0.25) is 9.69 Å². The van der Waals surface area contributed by atoms with Crippen LogP contribution >= 0.6 is 35.7 Å². The predicted molar refractivity (Wildman–Crippen MR) is 114 cm³/mol. The van der Waals surface area contributed by atoms with Crippen LogP contribution in [0.4, 0.5) is 0 Å². The van der Waals surface area contributed by atoms with Crippen molar-refractivity contribution >= 4 is 47.6 Å². The molecule has 2 rings (SSSR count). The number of amides is 1. The van der Waals surface area contributed by atoms with Crippen molar-refractivity contribution in [2.24, 2.45) is 4.99 Å². The molecule has 1 saturated carbocycles. The van der Waals surface area contributed by atoms with Gasteiger partial charge in [0.1, 0.15) is 6.54 Å². The van der Waals surface area contributed by atoms with Gasteiger partial charge < -0.3 is 15.5 Å². The number of carbonyl (C=O) groups is 1. The van der Waals surface area contributed by atoms with E-state index in [1.165, 1.54) is 12.8 Å². The normalized spacial score (nSPS) is 24.4. The molecule has 1 amide bonds. The van der Waals surface area contributed by atoms with E-state index in [9.17, 15) is 4.79 Å². The number of guanidine groups is 1. The molecular formula is C16H32IN5OS. The second-order valence-corrected chi connectivity index (χ2v) is 7.71. The number of rotatable bonds is 7. The molecule has 1 heterocycles. The summed E-state index contributed by atoms with van der Waals surface area (Å²) in [4.78, 5) is 20.4. The third kappa shape index (κ3) is 6.95. The van der Waals surface area contributed by atoms with Gasteiger partial charge in [0.05, 0.1) is 0 Å². The Balaban J connectivity index is 0.00000288. The summed E-state index contributed by atoms with van der Waals surface area (Å²) in [7, 11) is 3.52. The summed E-state index contributed by atoms with van der Waals surface area (Å²) in [6, 6.07) is 1.86. The Hall–Kier alpha value is -0.220. The summed E-state index contributed by atoms with van der Waals surface area (Å²) in [6.45, 7) is 4.44. The minimum absolute atomic E-state index is 0. The number of thioether (sulfide) groups is 1. The van der Waals surface area contributed by atoms with Crippen LogP contribution in [0.15, 0.2) is 4.99 Å². The van der Waals surface area contributed by atoms with E-state index < -0.39 is 0 Å². The first-order valence-corrected chi connectivity index (χ1v) is 9.90. The van der Waals surface area contributed by atoms with Crippen molar-refractivity contribution < 1.29 is 4.79 Å². The highest BCUT2D eigenvalue weighted by atomic mass is 127. The van der Waals surface area contributed by atoms with E-state index in [0.717, 1.165) is 37.3 Å². The van der Waals surface area contributed by atoms with Gasteiger partial charge in [-0.25, -0.2) is 4.99 Å². The monoisotopic (exact) mass is 469 g/mol. The molecule has 0 aromatic carbocycles. The zero-order valence-electron chi connectivity index (χ0n) is 15.2. The Kier molecular flexibility index (Phi) is 9.73. The smallest absolute Gasteiger partial charge is 0.243 e. The molecule has 0 spiro atoms. The van der Waals surface area contributed by atoms with Crippen LogP contribution in [-0.2, 0) is 4.79 Å². The highest BCUT2D eigenvalue weighted by molar-refractivity contribution is 14.0. The van der Waals surface area contributed by atoms with E-state index in [4.69, 9.17) is 0 Å². The fourth-order valence-corrected chi connectivity index (χ4v) is 3.29. The van der Waals surface area contributed by atoms with E-state index in [2.05, 4.69) is 33.7 Å². The maximum absolute atomic E-state index is 11.8. The van der Waals surface area contributed by atoms with Crippen molar-refractivity contribution in [1.29, 1.82) is 0 Å². The van der Waals surface area contributed by atoms with Gasteiger partial charge in [0.2, 0.25) is 5.91 Å². The Morgan fingerprint density at radius 3 is 2.67 bits per heavy atom. The molecule has 24 heavy (non-hydrogen) atoms. The standard InChI is InChI=1S/C16H31N5OS.HI/c1-12-9-13(11-21(12)14-5-6-14)19-16(17-7-8-23-4)18-10-15(22)20(2)3;/h12-14H,5-11H2,1-4H3,(H2,17,18,19);1H. The third-order valence-corrected chi connectivity index (χ3v) is 5.06. The number of carbonyl (C=O) groups excluding carboxylic acids is 1. The summed E-state index contributed by atoms with van der Waals surface area (Å²) in [5, 5.41) is 6.87. The van der Waals surface area contributed by atoms with Gasteiger partial charge in [-0.2, -0.15) is 11.8 Å². The van der Waals surface area contributed by atoms with E-state index in [1.807, 2.05) is 0 Å². The lowest BCUT2D eigenvalue weighted by Gasteiger charge is -2.20. The van der Waals surface area contributed by atoms with Crippen molar-refractivity contribution in [1.82, 2.24) is 20.4 Å². The summed E-state index contributed by atoms with van der Waals surface area (Å²) < 4.78 is 0. The van der Waals surface area contributed by atoms with Crippen LogP contribution in [0.25, 0.3) is 0 Å². The molecular weight excluding hydrogens is 437 g/mol. The van der Waals surface area contributed by atoms with Crippen LogP contribution in [0, 0.1) is 0 Å². The number of nitrogens with zero attached hydrogens (tertiary/aromatic N) is 3. The number of hydrogen-bond acceptors (Lipinski definition) is 4. The molecule has 8 heteroatoms. The lowest BCUT2D eigenvalue weighted by Crippen LogP contribution is -2.46. The van der Waals surface area contributed by atoms with Crippen molar-refractivity contribution in [2.45, 2.75) is 44.3 Å². The Labute approximate surface area is 167 Å². The van der Waals surface area contributed by atoms with Gasteiger partial charge in [-0.05, 0) is 32.4 Å². The fourth-order valence-electron chi connectivity index (χ4n) is 2.98. The van der Waals surface area contributed by atoms with E-state index >= 15 is 0 Å². The van der Waals surface area contributed by atoms with Gasteiger partial charge in [0.15, 0.2) is 5.96 Å². The minimum Gasteiger partial charge on any atom is -0.356 e. The van der Waals surface area contributed by atoms with E-state index in [1.54, 1.807) is 30.8 Å². The molecule has 2 fully saturated rings. The van der Waals surface area contributed by atoms with Gasteiger partial charge in [-0.1, -0.05) is 0 Å². The molecule has 6 nitrogen and oxygen atoms in total. The van der Waals surface area contributed by atoms with Crippen molar-refractivity contribution in [3.8, 4) is 0 Å². The summed E-state index contributed by atoms with van der Waals surface area (Å²) in [6.07, 6.45) is 5.93. The lowest BCUT2D eigenvalue weighted by molar-refractivity contribution is -0.127. The van der Waals surface area contributed by atoms with Crippen LogP contribution in [0.2, 0.25) is 0 Å². The average molecular weight is 469 g/mol. The zero-order chi connectivity index (χ0) is 16.8. The maximum Gasteiger partial charge on any atom is 0.243 e. The number of likely N-dealkylation sites (tertiary alicyclic amines) is 1. The van der Waals surface area contributed by atoms with Crippen LogP contribution in [0.1, 0.15) is 26.2 Å². The second-order valence-electron chi connectivity index (χ2n) is 6.73. The molecule has 0 aromatic heterocycles. The number of nitrogens with one attached hydrogen (secondary N) is 2. The number of halogens is 1. The molecule has 2 atom stereocenters. The first-order chi connectivity index (χ1) is 11.0. The number of likely N-dealkylation sites (N-methyl/N-ethyl adjacent to an activating group) is 1. The van der Waals surface area contributed by atoms with Crippen LogP contribution < -0.4 is 10.6 Å². The largest absolute Gasteiger partial charge is 0.356 e. The van der Waals surface area contributed by atoms with Gasteiger partial charge in [-0.15, -0.1) is 24.0 Å². The molecule has 1 saturated heterocycles. The predicted octanol–water partition coefficient (Wildman–Crippen LogP) is 1.22. The zero-order valence-corrected chi connectivity index (χ0v) is 18.4. The molecule has 2 unspecified atom stereocenters. The van der Waals surface area contributed by atoms with Crippen LogP contribution in [0.3, 0.4) is 0 Å². The van der Waals surface area contributed by atoms with Gasteiger partial charge in [0, 0.05) is 51.1 Å². The molecule has 2 N–H and O–H groups in total. The molecule has 1 aliphatic heterocycles. The highest BCUT2D eigenvalue weighted by Crippen LogP contribution is 2.33. The molecule has 0 aromatic rings. The highest BCUT2D eigenvalue weighted by Gasteiger charge is 2.38. The number of aliphatic imine (C=N–C) groups is 1. The lowest BCUT2D eigenvalue weighted by atomic mass is 10.2. The molecule has 1 aliphatic carbocycles. The van der Waals surface area contributed by atoms with Gasteiger partial charge >= 0.3 is 0 Å². The molecule has 0 bridgehead atoms. The van der Waals surface area contributed by atoms with E-state index in [-0.39, 0.29) is 36.4 Å². The summed E-state index contributed by atoms with van der Waals surface area (Å²) >= 11 is 1.80. The second kappa shape index (κ2) is 10.7. The van der Waals surface area contributed by atoms with Gasteiger partial charge in [0.25, 0.3) is 0 Å². The summed E-state index contributed by atoms with van der Waals surface area (Å²) in [5.74, 6) is 1.82. The SMILES string of the molecule is CSCCNC(=NCC(=O)N(C)C)NC1CC(C)N(C2CC2)C1.I. The van der Waals surface area contributed by atoms with Crippen molar-refractivity contribution in [3.05, 3.63) is 0 Å². The maximum atomic E-state index is 11.8. The van der Waals surface area contributed by atoms with Crippen molar-refractivity contribution in [3.63, 3.8) is 0 Å². The van der Waals surface area contributed by atoms with E-state index in [0.29, 0.717) is 12.1 Å². The summed E-state index contributed by atoms with van der Waals surface area (Å²) in [5.41, 5.74) is 0. The quantitative estimate of drug-likeness (QED) is 0.254. The third-order valence-electron chi connectivity index (χ3n) is 4.45. The average Bonchev–Trinajstić information content (AvgIpc) is 3.28. The Bertz CT molecular complexity index is 431. The Morgan fingerprint density at radius 1 is 1.38 bits per heavy atom. The minimum atomic E-state index is 0. The Morgan fingerprint density at radius 2 is 2.08 bits per heavy atom. The van der Waals surface area contributed by atoms with Crippen LogP contribution in [0.5, 0.6) is 0 Å². The topological polar surface area (TPSA) is 60.0 Å². The number of hydrogen-bond donors (Lipinski definition) is 2. The first kappa shape index (κ1) is 21.8. The molecule has 0 radical (unpaired) electrons. The molecule has 140 valence electrons. The molecule has 2 aliphatic rings. The first-order valence-electron chi connectivity index (χ1n) is 8.51. The van der Waals surface area contributed by atoms with Crippen molar-refractivity contribution in [2.75, 3.05) is 45.7 Å². The fraction of sp³-hybridized carbons (Fsp3) is 0.875.